The fraction of sp³-hybridized carbons (Fsp3) is 0.500. The van der Waals surface area contributed by atoms with Crippen LogP contribution in [0.3, 0.4) is 0 Å². The number of ether oxygens (including phenoxy) is 1. The Balaban J connectivity index is 1.61. The smallest absolute Gasteiger partial charge is 0.236 e. The zero-order chi connectivity index (χ0) is 15.5. The van der Waals surface area contributed by atoms with Crippen LogP contribution in [0.2, 0.25) is 0 Å². The number of amides is 1. The molecule has 1 saturated heterocycles. The summed E-state index contributed by atoms with van der Waals surface area (Å²) in [7, 11) is 0. The van der Waals surface area contributed by atoms with E-state index in [-0.39, 0.29) is 24.5 Å². The van der Waals surface area contributed by atoms with Gasteiger partial charge in [-0.25, -0.2) is 4.98 Å². The fourth-order valence-corrected chi connectivity index (χ4v) is 3.29. The summed E-state index contributed by atoms with van der Waals surface area (Å²) in [5.41, 5.74) is 0.695. The molecule has 0 unspecified atom stereocenters. The standard InChI is InChI=1S/C16H20N2O3S/c1-10(13-5-3-7-20-13)17-15(19)9-12-11(2)21-16(18-12)14-6-4-8-22-14/h4,6,8,10,13H,3,5,7,9H2,1-2H3,(H,17,19)/t10-,13+/m1/s1. The molecule has 22 heavy (non-hydrogen) atoms. The van der Waals surface area contributed by atoms with Crippen molar-refractivity contribution in [1.29, 1.82) is 0 Å². The first-order valence-electron chi connectivity index (χ1n) is 7.54. The summed E-state index contributed by atoms with van der Waals surface area (Å²) < 4.78 is 11.3. The van der Waals surface area contributed by atoms with Crippen LogP contribution in [-0.4, -0.2) is 29.6 Å². The maximum Gasteiger partial charge on any atom is 0.236 e. The van der Waals surface area contributed by atoms with Crippen molar-refractivity contribution < 1.29 is 13.9 Å². The molecular weight excluding hydrogens is 300 g/mol. The number of thiophene rings is 1. The number of hydrogen-bond donors (Lipinski definition) is 1. The molecule has 1 aliphatic heterocycles. The number of oxazole rings is 1. The van der Waals surface area contributed by atoms with Crippen LogP contribution in [0.25, 0.3) is 10.8 Å². The second-order valence-corrected chi connectivity index (χ2v) is 6.53. The molecule has 0 spiro atoms. The molecule has 0 aromatic carbocycles. The number of nitrogens with one attached hydrogen (secondary N) is 1. The maximum atomic E-state index is 12.2. The SMILES string of the molecule is Cc1oc(-c2cccs2)nc1CC(=O)N[C@H](C)[C@@H]1CCCO1. The minimum absolute atomic E-state index is 0.0268. The molecule has 2 aromatic heterocycles. The monoisotopic (exact) mass is 320 g/mol. The Morgan fingerprint density at radius 1 is 1.59 bits per heavy atom. The lowest BCUT2D eigenvalue weighted by atomic mass is 10.1. The zero-order valence-electron chi connectivity index (χ0n) is 12.8. The van der Waals surface area contributed by atoms with Crippen LogP contribution in [0, 0.1) is 6.92 Å². The second-order valence-electron chi connectivity index (χ2n) is 5.58. The lowest BCUT2D eigenvalue weighted by Crippen LogP contribution is -2.41. The van der Waals surface area contributed by atoms with Crippen molar-refractivity contribution in [1.82, 2.24) is 10.3 Å². The Labute approximate surface area is 133 Å². The highest BCUT2D eigenvalue weighted by Crippen LogP contribution is 2.26. The summed E-state index contributed by atoms with van der Waals surface area (Å²) >= 11 is 1.57. The third kappa shape index (κ3) is 3.39. The van der Waals surface area contributed by atoms with Gasteiger partial charge in [-0.2, -0.15) is 0 Å². The third-order valence-corrected chi connectivity index (χ3v) is 4.72. The number of carbonyl (C=O) groups excluding carboxylic acids is 1. The first-order chi connectivity index (χ1) is 10.6. The van der Waals surface area contributed by atoms with Gasteiger partial charge in [0.1, 0.15) is 5.76 Å². The summed E-state index contributed by atoms with van der Waals surface area (Å²) in [6.07, 6.45) is 2.44. The third-order valence-electron chi connectivity index (χ3n) is 3.86. The Kier molecular flexibility index (Phi) is 4.59. The summed E-state index contributed by atoms with van der Waals surface area (Å²) in [5.74, 6) is 1.24. The van der Waals surface area contributed by atoms with E-state index in [4.69, 9.17) is 9.15 Å². The van der Waals surface area contributed by atoms with Gasteiger partial charge < -0.3 is 14.5 Å². The highest BCUT2D eigenvalue weighted by Gasteiger charge is 2.24. The normalized spacial score (nSPS) is 19.3. The van der Waals surface area contributed by atoms with E-state index in [0.717, 1.165) is 24.3 Å². The van der Waals surface area contributed by atoms with Gasteiger partial charge in [0.2, 0.25) is 11.8 Å². The van der Waals surface area contributed by atoms with Gasteiger partial charge in [0.05, 0.1) is 29.1 Å². The van der Waals surface area contributed by atoms with Gasteiger partial charge in [-0.3, -0.25) is 4.79 Å². The molecule has 5 nitrogen and oxygen atoms in total. The first-order valence-corrected chi connectivity index (χ1v) is 8.42. The van der Waals surface area contributed by atoms with Crippen LogP contribution in [0.4, 0.5) is 0 Å². The molecule has 0 bridgehead atoms. The van der Waals surface area contributed by atoms with Crippen molar-refractivity contribution in [3.05, 3.63) is 29.0 Å². The molecule has 6 heteroatoms. The number of nitrogens with zero attached hydrogens (tertiary/aromatic N) is 1. The summed E-state index contributed by atoms with van der Waals surface area (Å²) in [6, 6.07) is 3.94. The number of aryl methyl sites for hydroxylation is 1. The number of rotatable bonds is 5. The highest BCUT2D eigenvalue weighted by atomic mass is 32.1. The van der Waals surface area contributed by atoms with Gasteiger partial charge in [-0.05, 0) is 38.1 Å². The fourth-order valence-electron chi connectivity index (χ4n) is 2.64. The second kappa shape index (κ2) is 6.62. The first kappa shape index (κ1) is 15.2. The lowest BCUT2D eigenvalue weighted by molar-refractivity contribution is -0.122. The van der Waals surface area contributed by atoms with E-state index in [1.165, 1.54) is 0 Å². The molecule has 1 aliphatic rings. The number of carbonyl (C=O) groups is 1. The molecule has 3 rings (SSSR count). The summed E-state index contributed by atoms with van der Waals surface area (Å²) in [6.45, 7) is 4.62. The van der Waals surface area contributed by atoms with Crippen LogP contribution in [-0.2, 0) is 16.0 Å². The highest BCUT2D eigenvalue weighted by molar-refractivity contribution is 7.13. The van der Waals surface area contributed by atoms with Gasteiger partial charge >= 0.3 is 0 Å². The molecule has 1 N–H and O–H groups in total. The van der Waals surface area contributed by atoms with E-state index in [1.807, 2.05) is 31.4 Å². The Morgan fingerprint density at radius 3 is 3.14 bits per heavy atom. The minimum Gasteiger partial charge on any atom is -0.440 e. The van der Waals surface area contributed by atoms with Crippen molar-refractivity contribution in [2.45, 2.75) is 45.3 Å². The summed E-state index contributed by atoms with van der Waals surface area (Å²) in [5, 5.41) is 4.98. The molecule has 2 aromatic rings. The predicted octanol–water partition coefficient (Wildman–Crippen LogP) is 2.94. The van der Waals surface area contributed by atoms with Crippen molar-refractivity contribution in [2.75, 3.05) is 6.61 Å². The molecular formula is C16H20N2O3S. The van der Waals surface area contributed by atoms with Crippen LogP contribution in [0.1, 0.15) is 31.2 Å². The largest absolute Gasteiger partial charge is 0.440 e. The molecule has 3 heterocycles. The lowest BCUT2D eigenvalue weighted by Gasteiger charge is -2.19. The average Bonchev–Trinajstić information content (AvgIpc) is 3.19. The Bertz CT molecular complexity index is 630. The van der Waals surface area contributed by atoms with Crippen molar-refractivity contribution in [2.24, 2.45) is 0 Å². The molecule has 0 radical (unpaired) electrons. The summed E-state index contributed by atoms with van der Waals surface area (Å²) in [4.78, 5) is 17.6. The van der Waals surface area contributed by atoms with E-state index in [2.05, 4.69) is 10.3 Å². The Hall–Kier alpha value is -1.66. The van der Waals surface area contributed by atoms with Crippen LogP contribution in [0.15, 0.2) is 21.9 Å². The zero-order valence-corrected chi connectivity index (χ0v) is 13.6. The van der Waals surface area contributed by atoms with E-state index < -0.39 is 0 Å². The van der Waals surface area contributed by atoms with Gasteiger partial charge in [0.15, 0.2) is 0 Å². The van der Waals surface area contributed by atoms with Crippen LogP contribution in [0.5, 0.6) is 0 Å². The van der Waals surface area contributed by atoms with E-state index in [1.54, 1.807) is 11.3 Å². The molecule has 2 atom stereocenters. The van der Waals surface area contributed by atoms with Gasteiger partial charge in [0, 0.05) is 6.61 Å². The van der Waals surface area contributed by atoms with E-state index >= 15 is 0 Å². The molecule has 118 valence electrons. The average molecular weight is 320 g/mol. The quantitative estimate of drug-likeness (QED) is 0.920. The van der Waals surface area contributed by atoms with Crippen LogP contribution >= 0.6 is 11.3 Å². The van der Waals surface area contributed by atoms with Crippen molar-refractivity contribution >= 4 is 17.2 Å². The molecule has 1 amide bonds. The topological polar surface area (TPSA) is 64.4 Å². The van der Waals surface area contributed by atoms with E-state index in [9.17, 15) is 4.79 Å². The maximum absolute atomic E-state index is 12.2. The van der Waals surface area contributed by atoms with Gasteiger partial charge in [-0.1, -0.05) is 6.07 Å². The van der Waals surface area contributed by atoms with Crippen molar-refractivity contribution in [3.8, 4) is 10.8 Å². The number of hydrogen-bond acceptors (Lipinski definition) is 5. The van der Waals surface area contributed by atoms with E-state index in [0.29, 0.717) is 17.3 Å². The number of aromatic nitrogens is 1. The van der Waals surface area contributed by atoms with Crippen molar-refractivity contribution in [3.63, 3.8) is 0 Å². The predicted molar refractivity (Wildman–Crippen MR) is 84.8 cm³/mol. The minimum atomic E-state index is -0.0443. The molecule has 1 fully saturated rings. The van der Waals surface area contributed by atoms with Gasteiger partial charge in [-0.15, -0.1) is 11.3 Å². The van der Waals surface area contributed by atoms with Crippen LogP contribution < -0.4 is 5.32 Å². The van der Waals surface area contributed by atoms with Gasteiger partial charge in [0.25, 0.3) is 0 Å². The molecule has 0 aliphatic carbocycles. The molecule has 0 saturated carbocycles. The Morgan fingerprint density at radius 2 is 2.45 bits per heavy atom.